The number of carbonyl (C=O) groups is 1. The Labute approximate surface area is 147 Å². The molecule has 1 aliphatic rings. The first kappa shape index (κ1) is 19.6. The number of nitrogens with one attached hydrogen (secondary N) is 1. The molecular weight excluding hydrogens is 349 g/mol. The average Bonchev–Trinajstić information content (AvgIpc) is 2.59. The van der Waals surface area contributed by atoms with Crippen LogP contribution in [0.3, 0.4) is 0 Å². The minimum atomic E-state index is -3.37. The van der Waals surface area contributed by atoms with Gasteiger partial charge in [0.25, 0.3) is 16.1 Å². The molecule has 1 aromatic carbocycles. The van der Waals surface area contributed by atoms with E-state index in [4.69, 9.17) is 4.74 Å². The van der Waals surface area contributed by atoms with Crippen molar-refractivity contribution in [1.29, 1.82) is 0 Å². The SMILES string of the molecule is CN(C)S(=O)(=O)N1CCC(CNC(=O)COc2ccccc2F)CC1. The van der Waals surface area contributed by atoms with E-state index in [1.165, 1.54) is 34.8 Å². The predicted octanol–water partition coefficient (Wildman–Crippen LogP) is 0.839. The van der Waals surface area contributed by atoms with Gasteiger partial charge in [-0.1, -0.05) is 12.1 Å². The van der Waals surface area contributed by atoms with E-state index < -0.39 is 16.0 Å². The smallest absolute Gasteiger partial charge is 0.281 e. The van der Waals surface area contributed by atoms with Gasteiger partial charge >= 0.3 is 0 Å². The van der Waals surface area contributed by atoms with Crippen molar-refractivity contribution in [2.24, 2.45) is 5.92 Å². The second-order valence-electron chi connectivity index (χ2n) is 6.16. The van der Waals surface area contributed by atoms with Crippen molar-refractivity contribution < 1.29 is 22.3 Å². The zero-order valence-electron chi connectivity index (χ0n) is 14.4. The molecule has 1 N–H and O–H groups in total. The van der Waals surface area contributed by atoms with Crippen molar-refractivity contribution in [2.45, 2.75) is 12.8 Å². The van der Waals surface area contributed by atoms with Gasteiger partial charge in [0.2, 0.25) is 0 Å². The van der Waals surface area contributed by atoms with Gasteiger partial charge in [-0.25, -0.2) is 4.39 Å². The normalized spacial score (nSPS) is 16.8. The van der Waals surface area contributed by atoms with E-state index in [0.717, 1.165) is 0 Å². The van der Waals surface area contributed by atoms with Gasteiger partial charge < -0.3 is 10.1 Å². The van der Waals surface area contributed by atoms with E-state index in [1.807, 2.05) is 0 Å². The average molecular weight is 373 g/mol. The van der Waals surface area contributed by atoms with Crippen molar-refractivity contribution >= 4 is 16.1 Å². The number of halogens is 1. The highest BCUT2D eigenvalue weighted by Gasteiger charge is 2.29. The molecule has 1 aliphatic heterocycles. The van der Waals surface area contributed by atoms with Crippen LogP contribution in [0.1, 0.15) is 12.8 Å². The van der Waals surface area contributed by atoms with E-state index in [1.54, 1.807) is 12.1 Å². The summed E-state index contributed by atoms with van der Waals surface area (Å²) in [4.78, 5) is 11.8. The molecule has 25 heavy (non-hydrogen) atoms. The Morgan fingerprint density at radius 2 is 1.96 bits per heavy atom. The largest absolute Gasteiger partial charge is 0.481 e. The highest BCUT2D eigenvalue weighted by molar-refractivity contribution is 7.86. The third kappa shape index (κ3) is 5.38. The van der Waals surface area contributed by atoms with Gasteiger partial charge in [-0.15, -0.1) is 0 Å². The zero-order valence-corrected chi connectivity index (χ0v) is 15.3. The molecule has 1 aromatic rings. The molecule has 0 aliphatic carbocycles. The molecular formula is C16H24FN3O4S. The fourth-order valence-electron chi connectivity index (χ4n) is 2.59. The number of rotatable bonds is 7. The summed E-state index contributed by atoms with van der Waals surface area (Å²) in [6, 6.07) is 5.91. The van der Waals surface area contributed by atoms with Gasteiger partial charge in [0.1, 0.15) is 0 Å². The molecule has 0 radical (unpaired) electrons. The molecule has 9 heteroatoms. The molecule has 0 bridgehead atoms. The fraction of sp³-hybridized carbons (Fsp3) is 0.562. The highest BCUT2D eigenvalue weighted by atomic mass is 32.2. The maximum atomic E-state index is 13.4. The number of ether oxygens (including phenoxy) is 1. The van der Waals surface area contributed by atoms with Crippen LogP contribution < -0.4 is 10.1 Å². The lowest BCUT2D eigenvalue weighted by molar-refractivity contribution is -0.123. The molecule has 0 spiro atoms. The monoisotopic (exact) mass is 373 g/mol. The molecule has 0 unspecified atom stereocenters. The van der Waals surface area contributed by atoms with E-state index in [-0.39, 0.29) is 24.2 Å². The predicted molar refractivity (Wildman–Crippen MR) is 91.8 cm³/mol. The number of carbonyl (C=O) groups excluding carboxylic acids is 1. The summed E-state index contributed by atoms with van der Waals surface area (Å²) in [5.74, 6) is -0.581. The van der Waals surface area contributed by atoms with Crippen LogP contribution in [0.2, 0.25) is 0 Å². The lowest BCUT2D eigenvalue weighted by Gasteiger charge is -2.32. The number of hydrogen-bond donors (Lipinski definition) is 1. The van der Waals surface area contributed by atoms with Crippen LogP contribution in [0.25, 0.3) is 0 Å². The minimum Gasteiger partial charge on any atom is -0.481 e. The third-order valence-electron chi connectivity index (χ3n) is 4.14. The fourth-order valence-corrected chi connectivity index (χ4v) is 3.72. The summed E-state index contributed by atoms with van der Waals surface area (Å²) in [5, 5.41) is 2.75. The summed E-state index contributed by atoms with van der Waals surface area (Å²) in [6.45, 7) is 1.07. The number of piperidine rings is 1. The number of benzene rings is 1. The van der Waals surface area contributed by atoms with Gasteiger partial charge in [-0.3, -0.25) is 4.79 Å². The standard InChI is InChI=1S/C16H24FN3O4S/c1-19(2)25(22,23)20-9-7-13(8-10-20)11-18-16(21)12-24-15-6-4-3-5-14(15)17/h3-6,13H,7-12H2,1-2H3,(H,18,21). The molecule has 0 aromatic heterocycles. The van der Waals surface area contributed by atoms with Crippen molar-refractivity contribution in [3.8, 4) is 5.75 Å². The molecule has 140 valence electrons. The van der Waals surface area contributed by atoms with E-state index in [2.05, 4.69) is 5.32 Å². The second kappa shape index (κ2) is 8.59. The number of hydrogen-bond acceptors (Lipinski definition) is 4. The topological polar surface area (TPSA) is 79.0 Å². The lowest BCUT2D eigenvalue weighted by atomic mass is 9.98. The third-order valence-corrected chi connectivity index (χ3v) is 6.09. The second-order valence-corrected chi connectivity index (χ2v) is 8.30. The van der Waals surface area contributed by atoms with Gasteiger partial charge in [-0.05, 0) is 30.9 Å². The Morgan fingerprint density at radius 3 is 2.56 bits per heavy atom. The van der Waals surface area contributed by atoms with Crippen LogP contribution in [0.4, 0.5) is 4.39 Å². The summed E-state index contributed by atoms with van der Waals surface area (Å²) in [7, 11) is -0.352. The van der Waals surface area contributed by atoms with Crippen LogP contribution >= 0.6 is 0 Å². The van der Waals surface area contributed by atoms with Crippen LogP contribution in [0.15, 0.2) is 24.3 Å². The van der Waals surface area contributed by atoms with E-state index in [9.17, 15) is 17.6 Å². The molecule has 1 amide bonds. The van der Waals surface area contributed by atoms with Crippen LogP contribution in [0.5, 0.6) is 5.75 Å². The molecule has 0 saturated carbocycles. The van der Waals surface area contributed by atoms with Crippen molar-refractivity contribution in [2.75, 3.05) is 40.3 Å². The molecule has 1 heterocycles. The van der Waals surface area contributed by atoms with Crippen molar-refractivity contribution in [1.82, 2.24) is 13.9 Å². The molecule has 0 atom stereocenters. The molecule has 7 nitrogen and oxygen atoms in total. The van der Waals surface area contributed by atoms with Crippen LogP contribution in [-0.2, 0) is 15.0 Å². The maximum Gasteiger partial charge on any atom is 0.281 e. The van der Waals surface area contributed by atoms with E-state index in [0.29, 0.717) is 32.5 Å². The molecule has 2 rings (SSSR count). The van der Waals surface area contributed by atoms with Gasteiger partial charge in [0.15, 0.2) is 18.2 Å². The molecule has 1 saturated heterocycles. The summed E-state index contributed by atoms with van der Waals surface area (Å²) in [6.07, 6.45) is 1.36. The number of para-hydroxylation sites is 1. The molecule has 1 fully saturated rings. The van der Waals surface area contributed by atoms with Crippen LogP contribution in [-0.4, -0.2) is 63.3 Å². The first-order valence-electron chi connectivity index (χ1n) is 8.12. The Bertz CT molecular complexity index is 688. The summed E-state index contributed by atoms with van der Waals surface area (Å²) < 4.78 is 45.3. The Morgan fingerprint density at radius 1 is 1.32 bits per heavy atom. The first-order valence-corrected chi connectivity index (χ1v) is 9.52. The zero-order chi connectivity index (χ0) is 18.4. The number of amides is 1. The summed E-state index contributed by atoms with van der Waals surface area (Å²) in [5.41, 5.74) is 0. The van der Waals surface area contributed by atoms with Gasteiger partial charge in [-0.2, -0.15) is 17.0 Å². The summed E-state index contributed by atoms with van der Waals surface area (Å²) >= 11 is 0. The lowest BCUT2D eigenvalue weighted by Crippen LogP contribution is -2.46. The van der Waals surface area contributed by atoms with Crippen molar-refractivity contribution in [3.63, 3.8) is 0 Å². The van der Waals surface area contributed by atoms with Crippen LogP contribution in [0, 0.1) is 11.7 Å². The highest BCUT2D eigenvalue weighted by Crippen LogP contribution is 2.20. The Balaban J connectivity index is 1.71. The van der Waals surface area contributed by atoms with Crippen molar-refractivity contribution in [3.05, 3.63) is 30.1 Å². The minimum absolute atomic E-state index is 0.0415. The van der Waals surface area contributed by atoms with Gasteiger partial charge in [0, 0.05) is 33.7 Å². The first-order chi connectivity index (χ1) is 11.8. The quantitative estimate of drug-likeness (QED) is 0.768. The maximum absolute atomic E-state index is 13.4. The number of nitrogens with zero attached hydrogens (tertiary/aromatic N) is 2. The Hall–Kier alpha value is -1.71. The Kier molecular flexibility index (Phi) is 6.74. The van der Waals surface area contributed by atoms with E-state index >= 15 is 0 Å². The van der Waals surface area contributed by atoms with Gasteiger partial charge in [0.05, 0.1) is 0 Å².